The first-order chi connectivity index (χ1) is 8.66. The molecule has 0 bridgehead atoms. The minimum atomic E-state index is -0.365. The molecule has 1 saturated heterocycles. The van der Waals surface area contributed by atoms with Crippen LogP contribution in [-0.4, -0.2) is 34.7 Å². The fraction of sp³-hybridized carbons (Fsp3) is 0.385. The van der Waals surface area contributed by atoms with Gasteiger partial charge in [-0.2, -0.15) is 0 Å². The standard InChI is InChI=1S/C13H14BrNO3/c14-11-8-15(7-6-12(11)16)13(17)18-9-10-4-2-1-3-5-10/h1-5,11H,6-9H2/t11-/m0/s1. The van der Waals surface area contributed by atoms with Gasteiger partial charge in [-0.05, 0) is 5.56 Å². The second-order valence-electron chi connectivity index (χ2n) is 4.17. The molecule has 1 aliphatic rings. The smallest absolute Gasteiger partial charge is 0.410 e. The summed E-state index contributed by atoms with van der Waals surface area (Å²) in [7, 11) is 0. The lowest BCUT2D eigenvalue weighted by atomic mass is 10.1. The summed E-state index contributed by atoms with van der Waals surface area (Å²) in [5.74, 6) is 0.141. The van der Waals surface area contributed by atoms with Crippen LogP contribution in [0.2, 0.25) is 0 Å². The lowest BCUT2D eigenvalue weighted by molar-refractivity contribution is -0.120. The molecule has 1 aromatic rings. The summed E-state index contributed by atoms with van der Waals surface area (Å²) in [6.45, 7) is 1.08. The van der Waals surface area contributed by atoms with Crippen molar-refractivity contribution in [2.24, 2.45) is 0 Å². The summed E-state index contributed by atoms with van der Waals surface area (Å²) >= 11 is 3.26. The number of rotatable bonds is 2. The van der Waals surface area contributed by atoms with Gasteiger partial charge in [-0.1, -0.05) is 46.3 Å². The van der Waals surface area contributed by atoms with E-state index in [1.807, 2.05) is 30.3 Å². The zero-order valence-electron chi connectivity index (χ0n) is 9.84. The van der Waals surface area contributed by atoms with Crippen molar-refractivity contribution in [2.75, 3.05) is 13.1 Å². The molecule has 0 N–H and O–H groups in total. The minimum absolute atomic E-state index is 0.141. The zero-order chi connectivity index (χ0) is 13.0. The Hall–Kier alpha value is -1.36. The van der Waals surface area contributed by atoms with Crippen molar-refractivity contribution >= 4 is 27.8 Å². The Bertz CT molecular complexity index is 435. The fourth-order valence-corrected chi connectivity index (χ4v) is 2.34. The summed E-state index contributed by atoms with van der Waals surface area (Å²) in [6.07, 6.45) is 0.0203. The molecule has 4 nitrogen and oxygen atoms in total. The van der Waals surface area contributed by atoms with Gasteiger partial charge >= 0.3 is 6.09 Å². The zero-order valence-corrected chi connectivity index (χ0v) is 11.4. The maximum Gasteiger partial charge on any atom is 0.410 e. The SMILES string of the molecule is O=C1CCN(C(=O)OCc2ccccc2)C[C@@H]1Br. The monoisotopic (exact) mass is 311 g/mol. The number of hydrogen-bond donors (Lipinski definition) is 0. The molecule has 0 unspecified atom stereocenters. The van der Waals surface area contributed by atoms with Crippen LogP contribution in [0.25, 0.3) is 0 Å². The van der Waals surface area contributed by atoms with Crippen molar-refractivity contribution in [1.29, 1.82) is 0 Å². The predicted molar refractivity (Wildman–Crippen MR) is 70.5 cm³/mol. The molecule has 0 aromatic heterocycles. The normalized spacial score (nSPS) is 19.7. The average molecular weight is 312 g/mol. The molecule has 0 radical (unpaired) electrons. The Morgan fingerprint density at radius 1 is 1.39 bits per heavy atom. The summed E-state index contributed by atoms with van der Waals surface area (Å²) in [5, 5.41) is 0. The van der Waals surface area contributed by atoms with E-state index in [1.165, 1.54) is 0 Å². The largest absolute Gasteiger partial charge is 0.445 e. The van der Waals surface area contributed by atoms with E-state index >= 15 is 0 Å². The van der Waals surface area contributed by atoms with Crippen molar-refractivity contribution < 1.29 is 14.3 Å². The molecule has 1 heterocycles. The molecule has 1 atom stereocenters. The lowest BCUT2D eigenvalue weighted by Crippen LogP contribution is -2.44. The fourth-order valence-electron chi connectivity index (χ4n) is 1.76. The molecular formula is C13H14BrNO3. The van der Waals surface area contributed by atoms with E-state index in [1.54, 1.807) is 4.90 Å². The van der Waals surface area contributed by atoms with Gasteiger partial charge in [0.1, 0.15) is 12.4 Å². The summed E-state index contributed by atoms with van der Waals surface area (Å²) in [5.41, 5.74) is 0.953. The van der Waals surface area contributed by atoms with Gasteiger partial charge in [-0.25, -0.2) is 4.79 Å². The van der Waals surface area contributed by atoms with Crippen LogP contribution in [0, 0.1) is 0 Å². The Kier molecular flexibility index (Phi) is 4.36. The van der Waals surface area contributed by atoms with E-state index in [2.05, 4.69) is 15.9 Å². The second kappa shape index (κ2) is 6.00. The van der Waals surface area contributed by atoms with Crippen LogP contribution in [0.3, 0.4) is 0 Å². The van der Waals surface area contributed by atoms with Crippen molar-refractivity contribution in [3.63, 3.8) is 0 Å². The summed E-state index contributed by atoms with van der Waals surface area (Å²) in [6, 6.07) is 9.52. The molecule has 1 amide bonds. The van der Waals surface area contributed by atoms with E-state index < -0.39 is 0 Å². The van der Waals surface area contributed by atoms with Gasteiger partial charge in [0.05, 0.1) is 4.83 Å². The number of alkyl halides is 1. The highest BCUT2D eigenvalue weighted by molar-refractivity contribution is 9.10. The van der Waals surface area contributed by atoms with Crippen molar-refractivity contribution in [3.8, 4) is 0 Å². The summed E-state index contributed by atoms with van der Waals surface area (Å²) in [4.78, 5) is 24.4. The Labute approximate surface area is 114 Å². The number of likely N-dealkylation sites (tertiary alicyclic amines) is 1. The number of ether oxygens (including phenoxy) is 1. The molecule has 0 aliphatic carbocycles. The molecule has 5 heteroatoms. The van der Waals surface area contributed by atoms with Crippen LogP contribution in [0.5, 0.6) is 0 Å². The maximum atomic E-state index is 11.8. The number of carbonyl (C=O) groups is 2. The highest BCUT2D eigenvalue weighted by Crippen LogP contribution is 2.15. The highest BCUT2D eigenvalue weighted by atomic mass is 79.9. The molecule has 0 spiro atoms. The number of halogens is 1. The number of Topliss-reactive ketones (excluding diaryl/α,β-unsaturated/α-hetero) is 1. The molecule has 1 aliphatic heterocycles. The topological polar surface area (TPSA) is 46.6 Å². The second-order valence-corrected chi connectivity index (χ2v) is 5.28. The van der Waals surface area contributed by atoms with Gasteiger partial charge in [0.15, 0.2) is 0 Å². The molecule has 2 rings (SSSR count). The van der Waals surface area contributed by atoms with E-state index in [0.29, 0.717) is 19.5 Å². The maximum absolute atomic E-state index is 11.8. The van der Waals surface area contributed by atoms with Crippen molar-refractivity contribution in [1.82, 2.24) is 4.90 Å². The minimum Gasteiger partial charge on any atom is -0.445 e. The number of carbonyl (C=O) groups excluding carboxylic acids is 2. The summed E-state index contributed by atoms with van der Waals surface area (Å²) < 4.78 is 5.21. The molecule has 96 valence electrons. The van der Waals surface area contributed by atoms with Gasteiger partial charge in [-0.3, -0.25) is 4.79 Å². The van der Waals surface area contributed by atoms with Gasteiger partial charge in [0.25, 0.3) is 0 Å². The molecule has 0 saturated carbocycles. The Morgan fingerprint density at radius 2 is 2.11 bits per heavy atom. The van der Waals surface area contributed by atoms with Crippen LogP contribution in [0.4, 0.5) is 4.79 Å². The third kappa shape index (κ3) is 3.32. The first kappa shape index (κ1) is 13.1. The molecule has 1 aromatic carbocycles. The molecule has 1 fully saturated rings. The first-order valence-corrected chi connectivity index (χ1v) is 6.71. The van der Waals surface area contributed by atoms with E-state index in [0.717, 1.165) is 5.56 Å². The van der Waals surface area contributed by atoms with E-state index in [4.69, 9.17) is 4.74 Å². The third-order valence-corrected chi connectivity index (χ3v) is 3.62. The van der Waals surface area contributed by atoms with E-state index in [9.17, 15) is 9.59 Å². The Balaban J connectivity index is 1.83. The van der Waals surface area contributed by atoms with E-state index in [-0.39, 0.29) is 23.3 Å². The first-order valence-electron chi connectivity index (χ1n) is 5.79. The number of piperidine rings is 1. The van der Waals surface area contributed by atoms with Crippen LogP contribution in [0.1, 0.15) is 12.0 Å². The van der Waals surface area contributed by atoms with Gasteiger partial charge < -0.3 is 9.64 Å². The lowest BCUT2D eigenvalue weighted by Gasteiger charge is -2.28. The van der Waals surface area contributed by atoms with Crippen LogP contribution < -0.4 is 0 Å². The van der Waals surface area contributed by atoms with Crippen molar-refractivity contribution in [3.05, 3.63) is 35.9 Å². The van der Waals surface area contributed by atoms with Gasteiger partial charge in [-0.15, -0.1) is 0 Å². The highest BCUT2D eigenvalue weighted by Gasteiger charge is 2.28. The number of benzene rings is 1. The predicted octanol–water partition coefficient (Wildman–Crippen LogP) is 2.36. The van der Waals surface area contributed by atoms with Gasteiger partial charge in [0, 0.05) is 19.5 Å². The average Bonchev–Trinajstić information content (AvgIpc) is 2.40. The van der Waals surface area contributed by atoms with Gasteiger partial charge in [0.2, 0.25) is 0 Å². The Morgan fingerprint density at radius 3 is 2.78 bits per heavy atom. The van der Waals surface area contributed by atoms with Crippen LogP contribution >= 0.6 is 15.9 Å². The quantitative estimate of drug-likeness (QED) is 0.788. The van der Waals surface area contributed by atoms with Crippen LogP contribution in [-0.2, 0) is 16.1 Å². The number of nitrogens with zero attached hydrogens (tertiary/aromatic N) is 1. The van der Waals surface area contributed by atoms with Crippen LogP contribution in [0.15, 0.2) is 30.3 Å². The molecular weight excluding hydrogens is 298 g/mol. The number of amides is 1. The molecule has 18 heavy (non-hydrogen) atoms. The van der Waals surface area contributed by atoms with Crippen molar-refractivity contribution in [2.45, 2.75) is 17.9 Å². The number of ketones is 1. The number of hydrogen-bond acceptors (Lipinski definition) is 3. The third-order valence-electron chi connectivity index (χ3n) is 2.82.